The zero-order valence-electron chi connectivity index (χ0n) is 72.5. The first-order valence-electron chi connectivity index (χ1n) is 45.8. The van der Waals surface area contributed by atoms with Crippen LogP contribution >= 0.6 is 0 Å². The molecule has 0 bridgehead atoms. The summed E-state index contributed by atoms with van der Waals surface area (Å²) in [6.45, 7) is 0. The largest absolute Gasteiger partial charge is 0.0622 e. The molecule has 612 valence electrons. The molecule has 0 nitrogen and oxygen atoms in total. The Balaban J connectivity index is 0.000000107. The number of hydrogen-bond donors (Lipinski definition) is 0. The van der Waals surface area contributed by atoms with E-state index in [2.05, 4.69) is 510 Å². The van der Waals surface area contributed by atoms with Gasteiger partial charge < -0.3 is 0 Å². The van der Waals surface area contributed by atoms with Crippen molar-refractivity contribution in [1.82, 2.24) is 0 Å². The number of fused-ring (bicyclic) bond motifs is 11. The number of hydrogen-bond acceptors (Lipinski definition) is 0. The van der Waals surface area contributed by atoms with Crippen LogP contribution in [-0.2, 0) is 0 Å². The van der Waals surface area contributed by atoms with Gasteiger partial charge in [0.25, 0.3) is 0 Å². The molecule has 0 atom stereocenters. The summed E-state index contributed by atoms with van der Waals surface area (Å²) < 4.78 is 0. The summed E-state index contributed by atoms with van der Waals surface area (Å²) in [5.41, 5.74) is 25.2. The van der Waals surface area contributed by atoms with Gasteiger partial charge in [-0.2, -0.15) is 0 Å². The van der Waals surface area contributed by atoms with E-state index in [-0.39, 0.29) is 0 Å². The van der Waals surface area contributed by atoms with Crippen LogP contribution in [0.3, 0.4) is 0 Å². The third-order valence-electron chi connectivity index (χ3n) is 27.6. The molecule has 132 heavy (non-hydrogen) atoms. The molecule has 27 aromatic carbocycles. The molecular formula is C132H84. The molecule has 0 spiro atoms. The fourth-order valence-electron chi connectivity index (χ4n) is 21.8. The Morgan fingerprint density at radius 1 is 0.0833 bits per heavy atom. The Morgan fingerprint density at radius 2 is 0.311 bits per heavy atom. The summed E-state index contributed by atoms with van der Waals surface area (Å²) in [6, 6.07) is 187. The molecule has 0 saturated heterocycles. The first-order valence-corrected chi connectivity index (χ1v) is 45.8. The van der Waals surface area contributed by atoms with E-state index in [0.717, 1.165) is 0 Å². The zero-order chi connectivity index (χ0) is 87.1. The van der Waals surface area contributed by atoms with Gasteiger partial charge in [0.2, 0.25) is 0 Å². The fourth-order valence-corrected chi connectivity index (χ4v) is 21.8. The second kappa shape index (κ2) is 32.6. The third kappa shape index (κ3) is 13.2. The van der Waals surface area contributed by atoms with Crippen LogP contribution in [0.15, 0.2) is 510 Å². The highest BCUT2D eigenvalue weighted by Crippen LogP contribution is 2.53. The normalized spacial score (nSPS) is 11.6. The molecule has 0 aromatic heterocycles. The van der Waals surface area contributed by atoms with Gasteiger partial charge in [0.15, 0.2) is 0 Å². The second-order valence-corrected chi connectivity index (χ2v) is 35.0. The van der Waals surface area contributed by atoms with E-state index in [1.165, 1.54) is 262 Å². The van der Waals surface area contributed by atoms with E-state index < -0.39 is 0 Å². The van der Waals surface area contributed by atoms with Gasteiger partial charge in [-0.05, 0) is 298 Å². The van der Waals surface area contributed by atoms with Gasteiger partial charge in [0.05, 0.1) is 0 Å². The highest BCUT2D eigenvalue weighted by atomic mass is 14.3. The maximum Gasteiger partial charge on any atom is -0.00199 e. The van der Waals surface area contributed by atoms with Gasteiger partial charge in [-0.25, -0.2) is 0 Å². The van der Waals surface area contributed by atoms with Crippen LogP contribution in [0.25, 0.3) is 262 Å². The molecule has 0 unspecified atom stereocenters. The first-order chi connectivity index (χ1) is 65.5. The standard InChI is InChI=1S/C46H28.C46H30.C40H26/c1-2-11-29(12-3-1)34-27-33-13-4-5-16-35(33)42(28-34)46-38-19-8-6-17-36(38)45(37-18-7-9-20-39(37)46)41-26-24-32-22-21-30-14-10-15-31-23-25-40(41)44(32)43(30)31;1-2-14-34(15-3-1)45-40-20-8-10-22-42(40)46(43-23-11-9-21-41(43)45)44-30-36(29-35-16-5-7-19-39(35)44)31-25-27-33(28-26-31)38-24-12-17-32-13-4-6-18-37(32)38;1-2-13-27(14-3-1)30-25-29-16-5-7-19-32(29)38(26-30)40-36-22-10-8-20-34(36)39(35-21-9-11-23-37(35)40)33-24-12-17-28-15-4-6-18-31(28)33/h1-28H;1-30H;1-26H. The molecule has 0 aliphatic carbocycles. The van der Waals surface area contributed by atoms with Gasteiger partial charge in [-0.1, -0.05) is 473 Å². The van der Waals surface area contributed by atoms with Crippen molar-refractivity contribution in [2.45, 2.75) is 0 Å². The number of rotatable bonds is 10. The Hall–Kier alpha value is -17.2. The predicted molar refractivity (Wildman–Crippen MR) is 570 cm³/mol. The lowest BCUT2D eigenvalue weighted by atomic mass is 9.82. The van der Waals surface area contributed by atoms with Crippen molar-refractivity contribution in [3.8, 4) is 111 Å². The van der Waals surface area contributed by atoms with Crippen molar-refractivity contribution in [1.29, 1.82) is 0 Å². The summed E-state index contributed by atoms with van der Waals surface area (Å²) in [4.78, 5) is 0. The molecule has 27 rings (SSSR count). The fraction of sp³-hybridized carbons (Fsp3) is 0. The van der Waals surface area contributed by atoms with Gasteiger partial charge in [-0.3, -0.25) is 0 Å². The lowest BCUT2D eigenvalue weighted by Crippen LogP contribution is -1.93. The topological polar surface area (TPSA) is 0 Å². The summed E-state index contributed by atoms with van der Waals surface area (Å²) in [5, 5.41) is 35.9. The number of benzene rings is 27. The monoisotopic (exact) mass is 1670 g/mol. The molecule has 27 aromatic rings. The van der Waals surface area contributed by atoms with E-state index in [4.69, 9.17) is 0 Å². The highest BCUT2D eigenvalue weighted by molar-refractivity contribution is 6.32. The average Bonchev–Trinajstić information content (AvgIpc) is 0.734. The minimum atomic E-state index is 1.21. The van der Waals surface area contributed by atoms with E-state index >= 15 is 0 Å². The Bertz CT molecular complexity index is 9030. The molecule has 0 heterocycles. The SMILES string of the molecule is c1ccc(-c2c3ccccc3c(-c3cc(-c4ccc(-c5cccc6ccccc56)cc4)cc4ccccc34)c3ccccc23)cc1.c1ccc(-c2cc(-c3c4ccccc4c(-c4ccc5ccc6cccc7ccc4c5c67)c4ccccc34)c3ccccc3c2)cc1.c1ccc(-c2cc(-c3c4ccccc4c(-c4cccc5ccccc45)c4ccccc34)c3ccccc3c2)cc1. The van der Waals surface area contributed by atoms with E-state index in [0.29, 0.717) is 0 Å². The molecule has 0 N–H and O–H groups in total. The van der Waals surface area contributed by atoms with Crippen LogP contribution in [0.5, 0.6) is 0 Å². The molecular weight excluding hydrogens is 1590 g/mol. The molecule has 0 heteroatoms. The zero-order valence-corrected chi connectivity index (χ0v) is 72.5. The maximum absolute atomic E-state index is 2.41. The van der Waals surface area contributed by atoms with Crippen LogP contribution in [0.4, 0.5) is 0 Å². The quantitative estimate of drug-likeness (QED) is 0.0946. The van der Waals surface area contributed by atoms with Crippen molar-refractivity contribution in [2.24, 2.45) is 0 Å². The molecule has 0 radical (unpaired) electrons. The summed E-state index contributed by atoms with van der Waals surface area (Å²) >= 11 is 0. The molecule has 0 fully saturated rings. The van der Waals surface area contributed by atoms with Crippen LogP contribution in [0.2, 0.25) is 0 Å². The van der Waals surface area contributed by atoms with E-state index in [9.17, 15) is 0 Å². The summed E-state index contributed by atoms with van der Waals surface area (Å²) in [7, 11) is 0. The van der Waals surface area contributed by atoms with Crippen molar-refractivity contribution >= 4 is 151 Å². The van der Waals surface area contributed by atoms with Crippen LogP contribution in [0, 0.1) is 0 Å². The van der Waals surface area contributed by atoms with Gasteiger partial charge in [-0.15, -0.1) is 0 Å². The summed E-state index contributed by atoms with van der Waals surface area (Å²) in [5.74, 6) is 0. The minimum Gasteiger partial charge on any atom is -0.0622 e. The predicted octanol–water partition coefficient (Wildman–Crippen LogP) is 37.3. The van der Waals surface area contributed by atoms with E-state index in [1.807, 2.05) is 0 Å². The van der Waals surface area contributed by atoms with Gasteiger partial charge >= 0.3 is 0 Å². The Kier molecular flexibility index (Phi) is 19.1. The smallest absolute Gasteiger partial charge is 0.00199 e. The first kappa shape index (κ1) is 77.2. The minimum absolute atomic E-state index is 1.21. The Labute approximate surface area is 766 Å². The maximum atomic E-state index is 2.41. The van der Waals surface area contributed by atoms with Crippen LogP contribution < -0.4 is 0 Å². The second-order valence-electron chi connectivity index (χ2n) is 35.0. The van der Waals surface area contributed by atoms with Crippen LogP contribution in [-0.4, -0.2) is 0 Å². The van der Waals surface area contributed by atoms with Crippen molar-refractivity contribution < 1.29 is 0 Å². The Morgan fingerprint density at radius 3 is 0.682 bits per heavy atom. The van der Waals surface area contributed by atoms with Gasteiger partial charge in [0.1, 0.15) is 0 Å². The molecule has 0 aliphatic heterocycles. The van der Waals surface area contributed by atoms with Crippen LogP contribution in [0.1, 0.15) is 0 Å². The lowest BCUT2D eigenvalue weighted by molar-refractivity contribution is 1.61. The molecule has 0 aliphatic rings. The molecule has 0 saturated carbocycles. The van der Waals surface area contributed by atoms with Crippen molar-refractivity contribution in [3.05, 3.63) is 510 Å². The lowest BCUT2D eigenvalue weighted by Gasteiger charge is -2.21. The highest BCUT2D eigenvalue weighted by Gasteiger charge is 2.26. The third-order valence-corrected chi connectivity index (χ3v) is 27.6. The molecule has 0 amide bonds. The summed E-state index contributed by atoms with van der Waals surface area (Å²) in [6.07, 6.45) is 0. The van der Waals surface area contributed by atoms with E-state index in [1.54, 1.807) is 0 Å². The van der Waals surface area contributed by atoms with Crippen molar-refractivity contribution in [2.75, 3.05) is 0 Å². The van der Waals surface area contributed by atoms with Crippen molar-refractivity contribution in [3.63, 3.8) is 0 Å². The average molecular weight is 1670 g/mol. The van der Waals surface area contributed by atoms with Gasteiger partial charge in [0, 0.05) is 0 Å².